The van der Waals surface area contributed by atoms with Gasteiger partial charge < -0.3 is 9.47 Å². The maximum Gasteiger partial charge on any atom is 0.0700 e. The first-order chi connectivity index (χ1) is 8.27. The summed E-state index contributed by atoms with van der Waals surface area (Å²) >= 11 is 11.8. The van der Waals surface area contributed by atoms with Crippen molar-refractivity contribution in [2.75, 3.05) is 32.8 Å². The maximum absolute atomic E-state index is 5.97. The normalized spacial score (nSPS) is 12.6. The average Bonchev–Trinajstić information content (AvgIpc) is 2.35. The minimum absolute atomic E-state index is 0.316. The highest BCUT2D eigenvalue weighted by atomic mass is 35.5. The molecule has 96 valence electrons. The second-order valence-electron chi connectivity index (χ2n) is 3.80. The molecule has 0 fully saturated rings. The SMILES string of the molecule is COCCOCCC(CCl)c1ccc(Cl)cc1. The highest BCUT2D eigenvalue weighted by Crippen LogP contribution is 2.22. The standard InChI is InChI=1S/C13H18Cl2O2/c1-16-8-9-17-7-6-12(10-14)11-2-4-13(15)5-3-11/h2-5,12H,6-10H2,1H3. The van der Waals surface area contributed by atoms with E-state index in [0.717, 1.165) is 11.4 Å². The van der Waals surface area contributed by atoms with Crippen molar-refractivity contribution in [3.05, 3.63) is 34.9 Å². The van der Waals surface area contributed by atoms with E-state index in [-0.39, 0.29) is 0 Å². The maximum atomic E-state index is 5.97. The highest BCUT2D eigenvalue weighted by Gasteiger charge is 2.10. The quantitative estimate of drug-likeness (QED) is 0.532. The predicted molar refractivity (Wildman–Crippen MR) is 72.2 cm³/mol. The molecule has 0 spiro atoms. The van der Waals surface area contributed by atoms with Crippen LogP contribution in [-0.2, 0) is 9.47 Å². The number of methoxy groups -OCH3 is 1. The van der Waals surface area contributed by atoms with Crippen LogP contribution in [-0.4, -0.2) is 32.8 Å². The van der Waals surface area contributed by atoms with Gasteiger partial charge in [0, 0.05) is 24.6 Å². The molecule has 0 aliphatic carbocycles. The van der Waals surface area contributed by atoms with Gasteiger partial charge in [-0.25, -0.2) is 0 Å². The lowest BCUT2D eigenvalue weighted by molar-refractivity contribution is 0.0676. The largest absolute Gasteiger partial charge is 0.382 e. The lowest BCUT2D eigenvalue weighted by Crippen LogP contribution is -2.08. The molecule has 0 bridgehead atoms. The van der Waals surface area contributed by atoms with Crippen molar-refractivity contribution in [2.24, 2.45) is 0 Å². The second-order valence-corrected chi connectivity index (χ2v) is 4.54. The lowest BCUT2D eigenvalue weighted by Gasteiger charge is -2.14. The van der Waals surface area contributed by atoms with Gasteiger partial charge in [-0.3, -0.25) is 0 Å². The Hall–Kier alpha value is -0.280. The van der Waals surface area contributed by atoms with Gasteiger partial charge in [-0.05, 0) is 30.0 Å². The average molecular weight is 277 g/mol. The van der Waals surface area contributed by atoms with Gasteiger partial charge >= 0.3 is 0 Å². The Morgan fingerprint density at radius 2 is 1.82 bits per heavy atom. The van der Waals surface area contributed by atoms with E-state index < -0.39 is 0 Å². The molecule has 17 heavy (non-hydrogen) atoms. The van der Waals surface area contributed by atoms with Gasteiger partial charge in [-0.2, -0.15) is 0 Å². The lowest BCUT2D eigenvalue weighted by atomic mass is 9.98. The molecule has 0 N–H and O–H groups in total. The first-order valence-corrected chi connectivity index (χ1v) is 6.57. The summed E-state index contributed by atoms with van der Waals surface area (Å²) in [5.74, 6) is 0.909. The van der Waals surface area contributed by atoms with E-state index >= 15 is 0 Å². The first kappa shape index (κ1) is 14.8. The van der Waals surface area contributed by atoms with Crippen LogP contribution >= 0.6 is 23.2 Å². The van der Waals surface area contributed by atoms with Gasteiger partial charge in [-0.15, -0.1) is 11.6 Å². The van der Waals surface area contributed by atoms with Crippen molar-refractivity contribution in [3.63, 3.8) is 0 Å². The molecule has 0 amide bonds. The van der Waals surface area contributed by atoms with Crippen molar-refractivity contribution in [3.8, 4) is 0 Å². The number of ether oxygens (including phenoxy) is 2. The zero-order chi connectivity index (χ0) is 12.5. The molecule has 1 unspecified atom stereocenters. The van der Waals surface area contributed by atoms with E-state index in [4.69, 9.17) is 32.7 Å². The van der Waals surface area contributed by atoms with Crippen LogP contribution in [0.15, 0.2) is 24.3 Å². The van der Waals surface area contributed by atoms with Gasteiger partial charge in [-0.1, -0.05) is 23.7 Å². The van der Waals surface area contributed by atoms with Crippen molar-refractivity contribution in [1.82, 2.24) is 0 Å². The minimum Gasteiger partial charge on any atom is -0.382 e. The van der Waals surface area contributed by atoms with Crippen LogP contribution in [0.2, 0.25) is 5.02 Å². The van der Waals surface area contributed by atoms with Crippen LogP contribution in [0.1, 0.15) is 17.9 Å². The van der Waals surface area contributed by atoms with E-state index in [1.807, 2.05) is 24.3 Å². The van der Waals surface area contributed by atoms with Crippen LogP contribution in [0.4, 0.5) is 0 Å². The van der Waals surface area contributed by atoms with Crippen molar-refractivity contribution in [1.29, 1.82) is 0 Å². The summed E-state index contributed by atoms with van der Waals surface area (Å²) in [4.78, 5) is 0. The summed E-state index contributed by atoms with van der Waals surface area (Å²) in [7, 11) is 1.67. The van der Waals surface area contributed by atoms with Gasteiger partial charge in [0.15, 0.2) is 0 Å². The number of hydrogen-bond acceptors (Lipinski definition) is 2. The van der Waals surface area contributed by atoms with Crippen LogP contribution in [0, 0.1) is 0 Å². The third kappa shape index (κ3) is 5.73. The van der Waals surface area contributed by atoms with E-state index in [2.05, 4.69) is 0 Å². The van der Waals surface area contributed by atoms with Crippen LogP contribution in [0.25, 0.3) is 0 Å². The number of alkyl halides is 1. The molecular formula is C13H18Cl2O2. The van der Waals surface area contributed by atoms with Crippen LogP contribution < -0.4 is 0 Å². The Morgan fingerprint density at radius 3 is 2.41 bits per heavy atom. The van der Waals surface area contributed by atoms with Crippen LogP contribution in [0.3, 0.4) is 0 Å². The monoisotopic (exact) mass is 276 g/mol. The first-order valence-electron chi connectivity index (χ1n) is 5.66. The van der Waals surface area contributed by atoms with Crippen LogP contribution in [0.5, 0.6) is 0 Å². The summed E-state index contributed by atoms with van der Waals surface area (Å²) < 4.78 is 10.3. The zero-order valence-corrected chi connectivity index (χ0v) is 11.5. The molecule has 4 heteroatoms. The summed E-state index contributed by atoms with van der Waals surface area (Å²) in [6.45, 7) is 1.96. The smallest absolute Gasteiger partial charge is 0.0700 e. The molecule has 0 aliphatic heterocycles. The number of hydrogen-bond donors (Lipinski definition) is 0. The molecule has 1 atom stereocenters. The molecule has 1 rings (SSSR count). The molecule has 2 nitrogen and oxygen atoms in total. The molecule has 0 heterocycles. The molecule has 1 aromatic rings. The Balaban J connectivity index is 2.35. The van der Waals surface area contributed by atoms with Gasteiger partial charge in [0.1, 0.15) is 0 Å². The van der Waals surface area contributed by atoms with E-state index in [9.17, 15) is 0 Å². The van der Waals surface area contributed by atoms with Gasteiger partial charge in [0.25, 0.3) is 0 Å². The Bertz CT molecular complexity index is 301. The molecule has 0 aromatic heterocycles. The Kier molecular flexibility index (Phi) is 7.62. The van der Waals surface area contributed by atoms with Gasteiger partial charge in [0.05, 0.1) is 13.2 Å². The summed E-state index contributed by atoms with van der Waals surface area (Å²) in [5.41, 5.74) is 1.21. The third-order valence-corrected chi connectivity index (χ3v) is 3.19. The molecule has 0 saturated carbocycles. The Morgan fingerprint density at radius 1 is 1.12 bits per heavy atom. The fraction of sp³-hybridized carbons (Fsp3) is 0.538. The molecule has 0 saturated heterocycles. The molecule has 0 radical (unpaired) electrons. The summed E-state index contributed by atoms with van der Waals surface area (Å²) in [5, 5.41) is 0.749. The van der Waals surface area contributed by atoms with Crippen molar-refractivity contribution < 1.29 is 9.47 Å². The van der Waals surface area contributed by atoms with E-state index in [0.29, 0.717) is 31.6 Å². The molecule has 0 aliphatic rings. The molecular weight excluding hydrogens is 259 g/mol. The number of halogens is 2. The number of benzene rings is 1. The van der Waals surface area contributed by atoms with Crippen molar-refractivity contribution >= 4 is 23.2 Å². The van der Waals surface area contributed by atoms with E-state index in [1.54, 1.807) is 7.11 Å². The second kappa shape index (κ2) is 8.76. The fourth-order valence-corrected chi connectivity index (χ4v) is 2.00. The highest BCUT2D eigenvalue weighted by molar-refractivity contribution is 6.30. The zero-order valence-electron chi connectivity index (χ0n) is 9.99. The Labute approximate surface area is 113 Å². The fourth-order valence-electron chi connectivity index (χ4n) is 1.54. The molecule has 1 aromatic carbocycles. The van der Waals surface area contributed by atoms with Gasteiger partial charge in [0.2, 0.25) is 0 Å². The van der Waals surface area contributed by atoms with Crippen molar-refractivity contribution in [2.45, 2.75) is 12.3 Å². The summed E-state index contributed by atoms with van der Waals surface area (Å²) in [6, 6.07) is 7.82. The third-order valence-electron chi connectivity index (χ3n) is 2.57. The van der Waals surface area contributed by atoms with E-state index in [1.165, 1.54) is 5.56 Å². The number of rotatable bonds is 8. The summed E-state index contributed by atoms with van der Waals surface area (Å²) in [6.07, 6.45) is 0.912. The minimum atomic E-state index is 0.316. The topological polar surface area (TPSA) is 18.5 Å². The predicted octanol–water partition coefficient (Wildman–Crippen LogP) is 3.72.